The summed E-state index contributed by atoms with van der Waals surface area (Å²) in [5, 5.41) is 11.8. The number of aromatic nitrogens is 8. The van der Waals surface area contributed by atoms with Gasteiger partial charge in [-0.15, -0.1) is 0 Å². The minimum atomic E-state index is -4.64. The maximum absolute atomic E-state index is 16.9. The van der Waals surface area contributed by atoms with Gasteiger partial charge < -0.3 is 35.5 Å². The van der Waals surface area contributed by atoms with Crippen molar-refractivity contribution in [2.45, 2.75) is 90.7 Å². The number of aliphatic hydroxyl groups is 1. The average molecular weight is 921 g/mol. The molecule has 23 nitrogen and oxygen atoms in total. The quantitative estimate of drug-likeness (QED) is 0.128. The lowest BCUT2D eigenvalue weighted by Gasteiger charge is -2.28. The van der Waals surface area contributed by atoms with Gasteiger partial charge in [-0.05, 0) is 41.5 Å². The first-order chi connectivity index (χ1) is 28.2. The summed E-state index contributed by atoms with van der Waals surface area (Å²) in [6.07, 6.45) is -8.28. The number of imidazole rings is 2. The van der Waals surface area contributed by atoms with Crippen LogP contribution in [-0.4, -0.2) is 118 Å². The predicted octanol–water partition coefficient (Wildman–Crippen LogP) is 3.92. The lowest BCUT2D eigenvalue weighted by molar-refractivity contribution is -0.151. The Morgan fingerprint density at radius 3 is 1.72 bits per heavy atom. The number of fused-ring (bicyclic) bond motifs is 5. The summed E-state index contributed by atoms with van der Waals surface area (Å²) in [7, 11) is 0. The fraction of sp³-hybridized carbons (Fsp3) is 0.625. The Morgan fingerprint density at radius 2 is 1.22 bits per heavy atom. The van der Waals surface area contributed by atoms with Crippen molar-refractivity contribution in [1.82, 2.24) is 39.0 Å². The number of nitrogens with zero attached hydrogens (tertiary/aromatic N) is 8. The molecule has 10 atom stereocenters. The van der Waals surface area contributed by atoms with Gasteiger partial charge in [-0.3, -0.25) is 36.8 Å². The Morgan fingerprint density at radius 1 is 0.767 bits per heavy atom. The topological polar surface area (TPSA) is 302 Å². The van der Waals surface area contributed by atoms with Crippen molar-refractivity contribution >= 4 is 82.3 Å². The van der Waals surface area contributed by atoms with Gasteiger partial charge in [0.15, 0.2) is 41.6 Å². The van der Waals surface area contributed by atoms with Crippen molar-refractivity contribution in [2.24, 2.45) is 10.8 Å². The lowest BCUT2D eigenvalue weighted by atomic mass is 9.98. The molecule has 7 unspecified atom stereocenters. The molecular weight excluding hydrogens is 877 g/mol. The Kier molecular flexibility index (Phi) is 12.6. The highest BCUT2D eigenvalue weighted by Gasteiger charge is 2.55. The SMILES string of the molecule is CC(C)(C)C(=O)OCSP1(=O)OC[C@H]2O[C@@H](n3cnc4c(N)ncnc43)C(F)C2OP(=O)(SCOC(=O)C(C)(C)C)OC[C@H]2OC(n3cnc4c(N)ncnc43)C(O1)C2O. The van der Waals surface area contributed by atoms with Crippen molar-refractivity contribution in [3.63, 3.8) is 0 Å². The molecule has 5 N–H and O–H groups in total. The standard InChI is InChI=1S/C32H43FN10O13P2S2/c1-31(2,3)29(45)49-13-59-57(47)51-7-15-20(44)22(28(53-15)43-12-41-19-24(35)37-10-39-26(19)43)56-58(48,60-14-50-30(46)32(4,5)6)52-8-16-21(55-57)17(33)27(54-16)42-11-40-18-23(34)36-9-38-25(18)42/h9-12,15-17,20-22,27-28,44H,7-8,13-14H2,1-6H3,(H2,34,36,38)(H2,35,37,39)/t15-,16-,17?,20?,21?,22?,27-,28?,57?,58?/m1/s1. The molecule has 3 aliphatic heterocycles. The number of carbonyl (C=O) groups excluding carboxylic acids is 2. The van der Waals surface area contributed by atoms with Crippen molar-refractivity contribution in [2.75, 3.05) is 36.6 Å². The van der Waals surface area contributed by atoms with E-state index in [2.05, 4.69) is 29.9 Å². The second kappa shape index (κ2) is 17.0. The van der Waals surface area contributed by atoms with Gasteiger partial charge in [0.2, 0.25) is 0 Å². The number of carbonyl (C=O) groups is 2. The molecule has 0 aromatic carbocycles. The zero-order valence-electron chi connectivity index (χ0n) is 32.9. The molecule has 2 bridgehead atoms. The van der Waals surface area contributed by atoms with Gasteiger partial charge in [0.1, 0.15) is 66.1 Å². The molecular formula is C32H43FN10O13P2S2. The number of alkyl halides is 1. The largest absolute Gasteiger partial charge is 0.454 e. The average Bonchev–Trinajstić information content (AvgIpc) is 3.94. The smallest absolute Gasteiger partial charge is 0.392 e. The van der Waals surface area contributed by atoms with Gasteiger partial charge in [0.05, 0.1) is 36.7 Å². The van der Waals surface area contributed by atoms with Gasteiger partial charge >= 0.3 is 25.5 Å². The van der Waals surface area contributed by atoms with E-state index < -0.39 is 111 Å². The molecule has 60 heavy (non-hydrogen) atoms. The normalized spacial score (nSPS) is 31.6. The molecule has 0 spiro atoms. The molecule has 0 radical (unpaired) electrons. The van der Waals surface area contributed by atoms with Gasteiger partial charge in [-0.1, -0.05) is 0 Å². The van der Waals surface area contributed by atoms with Crippen LogP contribution in [0.1, 0.15) is 54.0 Å². The highest BCUT2D eigenvalue weighted by atomic mass is 32.7. The van der Waals surface area contributed by atoms with E-state index in [1.807, 2.05) is 0 Å². The molecule has 28 heteroatoms. The third kappa shape index (κ3) is 9.14. The van der Waals surface area contributed by atoms with Gasteiger partial charge in [-0.25, -0.2) is 43.4 Å². The van der Waals surface area contributed by atoms with Crippen LogP contribution in [0.4, 0.5) is 16.0 Å². The highest BCUT2D eigenvalue weighted by molar-refractivity contribution is 8.55. The molecule has 4 aromatic heterocycles. The van der Waals surface area contributed by atoms with E-state index in [4.69, 9.17) is 48.5 Å². The Hall–Kier alpha value is -3.55. The first-order valence-corrected chi connectivity index (χ1v) is 24.4. The van der Waals surface area contributed by atoms with Crippen LogP contribution in [0.15, 0.2) is 25.3 Å². The van der Waals surface area contributed by atoms with E-state index in [1.54, 1.807) is 41.5 Å². The zero-order chi connectivity index (χ0) is 43.4. The second-order valence-corrected chi connectivity index (χ2v) is 23.7. The number of halogens is 1. The van der Waals surface area contributed by atoms with Crippen molar-refractivity contribution in [1.29, 1.82) is 0 Å². The van der Waals surface area contributed by atoms with Crippen LogP contribution in [0.2, 0.25) is 0 Å². The number of nitrogen functional groups attached to an aromatic ring is 2. The summed E-state index contributed by atoms with van der Waals surface area (Å²) >= 11 is 0.880. The van der Waals surface area contributed by atoms with Crippen molar-refractivity contribution in [3.05, 3.63) is 25.3 Å². The first kappa shape index (κ1) is 44.5. The number of ether oxygens (including phenoxy) is 4. The van der Waals surface area contributed by atoms with Crippen LogP contribution in [0.3, 0.4) is 0 Å². The Balaban J connectivity index is 1.26. The van der Waals surface area contributed by atoms with Crippen LogP contribution in [-0.2, 0) is 55.8 Å². The molecule has 328 valence electrons. The van der Waals surface area contributed by atoms with E-state index in [0.29, 0.717) is 22.8 Å². The second-order valence-electron chi connectivity index (χ2n) is 15.7. The zero-order valence-corrected chi connectivity index (χ0v) is 36.3. The van der Waals surface area contributed by atoms with Crippen LogP contribution >= 0.6 is 36.4 Å². The van der Waals surface area contributed by atoms with Crippen molar-refractivity contribution < 1.29 is 65.3 Å². The maximum atomic E-state index is 16.9. The summed E-state index contributed by atoms with van der Waals surface area (Å²) < 4.78 is 96.1. The molecule has 3 fully saturated rings. The molecule has 0 saturated carbocycles. The van der Waals surface area contributed by atoms with Gasteiger partial charge in [0, 0.05) is 22.8 Å². The van der Waals surface area contributed by atoms with Gasteiger partial charge in [-0.2, -0.15) is 0 Å². The predicted molar refractivity (Wildman–Crippen MR) is 211 cm³/mol. The number of aliphatic hydroxyl groups excluding tert-OH is 1. The summed E-state index contributed by atoms with van der Waals surface area (Å²) in [6, 6.07) is 0. The van der Waals surface area contributed by atoms with Gasteiger partial charge in [0.25, 0.3) is 0 Å². The van der Waals surface area contributed by atoms with E-state index in [9.17, 15) is 23.8 Å². The van der Waals surface area contributed by atoms with Crippen molar-refractivity contribution in [3.8, 4) is 0 Å². The van der Waals surface area contributed by atoms with Crippen LogP contribution < -0.4 is 11.5 Å². The molecule has 3 aliphatic rings. The molecule has 0 aliphatic carbocycles. The minimum Gasteiger partial charge on any atom is -0.454 e. The Bertz CT molecular complexity index is 2350. The van der Waals surface area contributed by atoms with Crippen LogP contribution in [0.5, 0.6) is 0 Å². The van der Waals surface area contributed by atoms with E-state index in [1.165, 1.54) is 28.1 Å². The number of hydrogen-bond donors (Lipinski definition) is 3. The highest BCUT2D eigenvalue weighted by Crippen LogP contribution is 2.66. The summed E-state index contributed by atoms with van der Waals surface area (Å²) in [5.41, 5.74) is 10.7. The fourth-order valence-corrected chi connectivity index (χ4v) is 11.6. The summed E-state index contributed by atoms with van der Waals surface area (Å²) in [6.45, 7) is -1.02. The van der Waals surface area contributed by atoms with E-state index >= 15 is 4.39 Å². The number of esters is 2. The molecule has 3 saturated heterocycles. The molecule has 7 rings (SSSR count). The monoisotopic (exact) mass is 920 g/mol. The Labute approximate surface area is 349 Å². The summed E-state index contributed by atoms with van der Waals surface area (Å²) in [4.78, 5) is 50.0. The molecule has 7 heterocycles. The number of rotatable bonds is 8. The fourth-order valence-electron chi connectivity index (χ4n) is 6.03. The van der Waals surface area contributed by atoms with Crippen LogP contribution in [0, 0.1) is 10.8 Å². The number of hydrogen-bond acceptors (Lipinski definition) is 23. The first-order valence-electron chi connectivity index (χ1n) is 18.2. The third-order valence-corrected chi connectivity index (χ3v) is 15.9. The molecule has 0 amide bonds. The van der Waals surface area contributed by atoms with Crippen LogP contribution in [0.25, 0.3) is 22.3 Å². The summed E-state index contributed by atoms with van der Waals surface area (Å²) in [5.74, 6) is -2.35. The molecule has 4 aromatic rings. The van der Waals surface area contributed by atoms with E-state index in [-0.39, 0.29) is 34.0 Å². The van der Waals surface area contributed by atoms with E-state index in [0.717, 1.165) is 6.33 Å². The third-order valence-electron chi connectivity index (χ3n) is 9.22. The minimum absolute atomic E-state index is 0.00706. The number of anilines is 2. The number of nitrogens with two attached hydrogens (primary N) is 2. The maximum Gasteiger partial charge on any atom is 0.392 e. The lowest BCUT2D eigenvalue weighted by Crippen LogP contribution is -2.35.